The predicted octanol–water partition coefficient (Wildman–Crippen LogP) is 2.69. The Kier molecular flexibility index (Phi) is 7.49. The number of H-pyrrole nitrogens is 1. The van der Waals surface area contributed by atoms with Crippen LogP contribution in [0, 0.1) is 6.92 Å². The van der Waals surface area contributed by atoms with Crippen molar-refractivity contribution in [3.63, 3.8) is 0 Å². The first kappa shape index (κ1) is 22.9. The lowest BCUT2D eigenvalue weighted by Gasteiger charge is -2.23. The molecule has 2 aromatic carbocycles. The van der Waals surface area contributed by atoms with Crippen LogP contribution in [0.5, 0.6) is 5.75 Å². The zero-order valence-corrected chi connectivity index (χ0v) is 18.3. The Balaban J connectivity index is 1.74. The summed E-state index contributed by atoms with van der Waals surface area (Å²) >= 11 is 0. The number of hydrogen-bond donors (Lipinski definition) is 2. The third kappa shape index (κ3) is 5.46. The largest absolute Gasteiger partial charge is 0.494 e. The summed E-state index contributed by atoms with van der Waals surface area (Å²) < 4.78 is 6.96. The average Bonchev–Trinajstić information content (AvgIpc) is 2.77. The highest BCUT2D eigenvalue weighted by Gasteiger charge is 2.22. The molecule has 0 aliphatic carbocycles. The zero-order chi connectivity index (χ0) is 23.1. The van der Waals surface area contributed by atoms with E-state index in [0.717, 1.165) is 16.9 Å². The number of aromatic nitrogens is 2. The van der Waals surface area contributed by atoms with E-state index in [0.29, 0.717) is 13.0 Å². The Bertz CT molecular complexity index is 1180. The molecule has 0 radical (unpaired) electrons. The van der Waals surface area contributed by atoms with Gasteiger partial charge >= 0.3 is 5.69 Å². The standard InChI is InChI=1S/C24H28N4O4/c1-3-27(20(29)13-8-14-32-19-12-7-9-17(2)15-19)21-22(25)28(24(31)26-23(21)30)16-18-10-5-4-6-11-18/h4-7,9-12,15H,3,8,13-14,16,25H2,1-2H3,(H,26,30,31). The lowest BCUT2D eigenvalue weighted by atomic mass is 10.2. The van der Waals surface area contributed by atoms with Crippen LogP contribution < -0.4 is 26.6 Å². The van der Waals surface area contributed by atoms with Gasteiger partial charge in [0.15, 0.2) is 5.69 Å². The summed E-state index contributed by atoms with van der Waals surface area (Å²) in [6.45, 7) is 4.53. The molecule has 1 aromatic heterocycles. The number of aryl methyl sites for hydroxylation is 1. The Morgan fingerprint density at radius 2 is 1.88 bits per heavy atom. The normalized spacial score (nSPS) is 10.7. The summed E-state index contributed by atoms with van der Waals surface area (Å²) in [6.07, 6.45) is 0.654. The number of hydrogen-bond acceptors (Lipinski definition) is 5. The Labute approximate surface area is 186 Å². The van der Waals surface area contributed by atoms with E-state index in [9.17, 15) is 14.4 Å². The van der Waals surface area contributed by atoms with Gasteiger partial charge in [-0.3, -0.25) is 19.1 Å². The van der Waals surface area contributed by atoms with Gasteiger partial charge in [0, 0.05) is 13.0 Å². The van der Waals surface area contributed by atoms with Gasteiger partial charge in [0.1, 0.15) is 11.6 Å². The van der Waals surface area contributed by atoms with Crippen molar-refractivity contribution in [3.8, 4) is 5.75 Å². The van der Waals surface area contributed by atoms with Gasteiger partial charge in [0.25, 0.3) is 5.56 Å². The van der Waals surface area contributed by atoms with Crippen molar-refractivity contribution in [1.82, 2.24) is 9.55 Å². The summed E-state index contributed by atoms with van der Waals surface area (Å²) in [4.78, 5) is 41.4. The van der Waals surface area contributed by atoms with Crippen molar-refractivity contribution in [2.75, 3.05) is 23.8 Å². The molecule has 32 heavy (non-hydrogen) atoms. The molecule has 8 heteroatoms. The predicted molar refractivity (Wildman–Crippen MR) is 125 cm³/mol. The molecule has 8 nitrogen and oxygen atoms in total. The molecular formula is C24H28N4O4. The van der Waals surface area contributed by atoms with Crippen LogP contribution in [0.25, 0.3) is 0 Å². The van der Waals surface area contributed by atoms with Crippen LogP contribution in [0.15, 0.2) is 64.2 Å². The number of aromatic amines is 1. The minimum Gasteiger partial charge on any atom is -0.494 e. The number of carbonyl (C=O) groups is 1. The van der Waals surface area contributed by atoms with Crippen molar-refractivity contribution in [1.29, 1.82) is 0 Å². The Hall–Kier alpha value is -3.81. The summed E-state index contributed by atoms with van der Waals surface area (Å²) in [5, 5.41) is 0. The monoisotopic (exact) mass is 436 g/mol. The third-order valence-corrected chi connectivity index (χ3v) is 5.08. The quantitative estimate of drug-likeness (QED) is 0.501. The highest BCUT2D eigenvalue weighted by atomic mass is 16.5. The van der Waals surface area contributed by atoms with Crippen molar-refractivity contribution in [2.24, 2.45) is 0 Å². The summed E-state index contributed by atoms with van der Waals surface area (Å²) in [6, 6.07) is 17.0. The number of nitrogens with two attached hydrogens (primary N) is 1. The summed E-state index contributed by atoms with van der Waals surface area (Å²) in [5.74, 6) is 0.453. The molecule has 0 unspecified atom stereocenters. The maximum atomic E-state index is 12.9. The first-order chi connectivity index (χ1) is 15.4. The van der Waals surface area contributed by atoms with Crippen LogP contribution in [0.2, 0.25) is 0 Å². The number of anilines is 2. The lowest BCUT2D eigenvalue weighted by Crippen LogP contribution is -2.41. The molecule has 1 amide bonds. The molecule has 0 bridgehead atoms. The number of nitrogens with zero attached hydrogens (tertiary/aromatic N) is 2. The molecule has 3 aromatic rings. The summed E-state index contributed by atoms with van der Waals surface area (Å²) in [5.41, 5.74) is 6.86. The third-order valence-electron chi connectivity index (χ3n) is 5.08. The molecule has 0 aliphatic heterocycles. The van der Waals surface area contributed by atoms with Gasteiger partial charge in [-0.15, -0.1) is 0 Å². The van der Waals surface area contributed by atoms with Crippen LogP contribution >= 0.6 is 0 Å². The van der Waals surface area contributed by atoms with Gasteiger partial charge in [-0.1, -0.05) is 42.5 Å². The molecule has 0 saturated carbocycles. The molecule has 0 fully saturated rings. The number of ether oxygens (including phenoxy) is 1. The molecule has 3 rings (SSSR count). The fourth-order valence-corrected chi connectivity index (χ4v) is 3.47. The van der Waals surface area contributed by atoms with Crippen LogP contribution in [0.4, 0.5) is 11.5 Å². The van der Waals surface area contributed by atoms with E-state index in [1.165, 1.54) is 9.47 Å². The summed E-state index contributed by atoms with van der Waals surface area (Å²) in [7, 11) is 0. The van der Waals surface area contributed by atoms with Crippen LogP contribution in [0.3, 0.4) is 0 Å². The van der Waals surface area contributed by atoms with E-state index in [4.69, 9.17) is 10.5 Å². The Morgan fingerprint density at radius 3 is 2.56 bits per heavy atom. The topological polar surface area (TPSA) is 110 Å². The number of carbonyl (C=O) groups excluding carboxylic acids is 1. The smallest absolute Gasteiger partial charge is 0.330 e. The number of rotatable bonds is 9. The van der Waals surface area contributed by atoms with E-state index >= 15 is 0 Å². The van der Waals surface area contributed by atoms with Crippen molar-refractivity contribution in [3.05, 3.63) is 86.6 Å². The van der Waals surface area contributed by atoms with Crippen LogP contribution in [-0.4, -0.2) is 28.6 Å². The maximum absolute atomic E-state index is 12.9. The molecule has 0 aliphatic rings. The Morgan fingerprint density at radius 1 is 1.12 bits per heavy atom. The fraction of sp³-hybridized carbons (Fsp3) is 0.292. The van der Waals surface area contributed by atoms with E-state index < -0.39 is 11.2 Å². The lowest BCUT2D eigenvalue weighted by molar-refractivity contribution is -0.118. The number of amides is 1. The van der Waals surface area contributed by atoms with E-state index in [1.807, 2.05) is 61.5 Å². The first-order valence-corrected chi connectivity index (χ1v) is 10.6. The first-order valence-electron chi connectivity index (χ1n) is 10.6. The van der Waals surface area contributed by atoms with E-state index in [-0.39, 0.29) is 36.9 Å². The molecule has 3 N–H and O–H groups in total. The number of nitrogen functional groups attached to an aromatic ring is 1. The number of benzene rings is 2. The molecule has 0 spiro atoms. The highest BCUT2D eigenvalue weighted by Crippen LogP contribution is 2.19. The molecule has 1 heterocycles. The number of nitrogens with one attached hydrogen (secondary N) is 1. The van der Waals surface area contributed by atoms with E-state index in [1.54, 1.807) is 6.92 Å². The molecular weight excluding hydrogens is 408 g/mol. The second-order valence-electron chi connectivity index (χ2n) is 7.47. The zero-order valence-electron chi connectivity index (χ0n) is 18.3. The SMILES string of the molecule is CCN(C(=O)CCCOc1cccc(C)c1)c1c(N)n(Cc2ccccc2)c(=O)[nH]c1=O. The van der Waals surface area contributed by atoms with Gasteiger partial charge in [0.2, 0.25) is 5.91 Å². The second kappa shape index (κ2) is 10.5. The molecule has 168 valence electrons. The van der Waals surface area contributed by atoms with Crippen LogP contribution in [0.1, 0.15) is 30.9 Å². The fourth-order valence-electron chi connectivity index (χ4n) is 3.47. The average molecular weight is 437 g/mol. The second-order valence-corrected chi connectivity index (χ2v) is 7.47. The van der Waals surface area contributed by atoms with Gasteiger partial charge in [-0.05, 0) is 43.5 Å². The van der Waals surface area contributed by atoms with Gasteiger partial charge in [0.05, 0.1) is 13.2 Å². The van der Waals surface area contributed by atoms with Crippen molar-refractivity contribution >= 4 is 17.4 Å². The highest BCUT2D eigenvalue weighted by molar-refractivity contribution is 5.95. The minimum atomic E-state index is -0.678. The van der Waals surface area contributed by atoms with Gasteiger partial charge < -0.3 is 15.4 Å². The van der Waals surface area contributed by atoms with Gasteiger partial charge in [-0.25, -0.2) is 4.79 Å². The van der Waals surface area contributed by atoms with Crippen molar-refractivity contribution < 1.29 is 9.53 Å². The van der Waals surface area contributed by atoms with E-state index in [2.05, 4.69) is 4.98 Å². The minimum absolute atomic E-state index is 0.00682. The molecule has 0 atom stereocenters. The van der Waals surface area contributed by atoms with Crippen molar-refractivity contribution in [2.45, 2.75) is 33.2 Å². The maximum Gasteiger partial charge on any atom is 0.330 e. The van der Waals surface area contributed by atoms with Crippen LogP contribution in [-0.2, 0) is 11.3 Å². The molecule has 0 saturated heterocycles. The van der Waals surface area contributed by atoms with Gasteiger partial charge in [-0.2, -0.15) is 0 Å².